The Hall–Kier alpha value is -2.10. The average molecular weight is 351 g/mol. The van der Waals surface area contributed by atoms with Crippen LogP contribution in [-0.2, 0) is 9.59 Å². The number of nitrogens with zero attached hydrogens (tertiary/aromatic N) is 2. The van der Waals surface area contributed by atoms with Crippen molar-refractivity contribution in [3.05, 3.63) is 28.8 Å². The van der Waals surface area contributed by atoms with Gasteiger partial charge in [-0.05, 0) is 52.9 Å². The molecule has 7 heteroatoms. The van der Waals surface area contributed by atoms with Crippen molar-refractivity contribution in [3.8, 4) is 6.07 Å². The highest BCUT2D eigenvalue weighted by Gasteiger charge is 2.22. The molecule has 2 amide bonds. The van der Waals surface area contributed by atoms with E-state index in [4.69, 9.17) is 16.9 Å². The third kappa shape index (κ3) is 6.19. The first-order valence-corrected chi connectivity index (χ1v) is 7.93. The van der Waals surface area contributed by atoms with Gasteiger partial charge in [-0.3, -0.25) is 14.5 Å². The summed E-state index contributed by atoms with van der Waals surface area (Å²) in [5, 5.41) is 14.7. The predicted molar refractivity (Wildman–Crippen MR) is 94.8 cm³/mol. The molecule has 0 saturated carbocycles. The molecule has 0 fully saturated rings. The molecule has 24 heavy (non-hydrogen) atoms. The van der Waals surface area contributed by atoms with Gasteiger partial charge in [0.1, 0.15) is 6.07 Å². The third-order valence-electron chi connectivity index (χ3n) is 3.31. The number of anilines is 1. The summed E-state index contributed by atoms with van der Waals surface area (Å²) in [4.78, 5) is 25.9. The second-order valence-electron chi connectivity index (χ2n) is 6.68. The zero-order valence-corrected chi connectivity index (χ0v) is 15.4. The number of halogens is 1. The summed E-state index contributed by atoms with van der Waals surface area (Å²) in [6.45, 7) is 7.52. The smallest absolute Gasteiger partial charge is 0.241 e. The Bertz CT molecular complexity index is 662. The summed E-state index contributed by atoms with van der Waals surface area (Å²) in [5.41, 5.74) is 0.532. The molecule has 1 atom stereocenters. The topological polar surface area (TPSA) is 85.2 Å². The lowest BCUT2D eigenvalue weighted by Crippen LogP contribution is -2.49. The van der Waals surface area contributed by atoms with Crippen LogP contribution in [0.2, 0.25) is 5.02 Å². The van der Waals surface area contributed by atoms with Crippen molar-refractivity contribution in [1.82, 2.24) is 10.2 Å². The van der Waals surface area contributed by atoms with Crippen LogP contribution < -0.4 is 10.6 Å². The molecule has 0 spiro atoms. The molecule has 0 aliphatic heterocycles. The second kappa shape index (κ2) is 8.13. The minimum Gasteiger partial charge on any atom is -0.350 e. The first-order valence-electron chi connectivity index (χ1n) is 7.55. The van der Waals surface area contributed by atoms with E-state index in [0.29, 0.717) is 11.3 Å². The largest absolute Gasteiger partial charge is 0.350 e. The molecule has 1 unspecified atom stereocenters. The molecule has 1 aromatic rings. The summed E-state index contributed by atoms with van der Waals surface area (Å²) >= 11 is 5.95. The average Bonchev–Trinajstić information content (AvgIpc) is 2.44. The van der Waals surface area contributed by atoms with Crippen molar-refractivity contribution in [1.29, 1.82) is 5.26 Å². The Labute approximate surface area is 147 Å². The van der Waals surface area contributed by atoms with E-state index in [0.717, 1.165) is 0 Å². The fourth-order valence-electron chi connectivity index (χ4n) is 1.95. The summed E-state index contributed by atoms with van der Waals surface area (Å²) in [6.07, 6.45) is 0. The number of likely N-dealkylation sites (N-methyl/N-ethyl adjacent to an activating group) is 1. The number of hydrogen-bond acceptors (Lipinski definition) is 4. The van der Waals surface area contributed by atoms with Crippen molar-refractivity contribution in [2.45, 2.75) is 39.3 Å². The van der Waals surface area contributed by atoms with Crippen LogP contribution in [0.25, 0.3) is 0 Å². The van der Waals surface area contributed by atoms with Crippen LogP contribution in [0, 0.1) is 11.3 Å². The van der Waals surface area contributed by atoms with Gasteiger partial charge in [0.15, 0.2) is 0 Å². The molecule has 0 bridgehead atoms. The molecule has 0 aliphatic carbocycles. The molecule has 0 aliphatic rings. The van der Waals surface area contributed by atoms with Gasteiger partial charge >= 0.3 is 0 Å². The lowest BCUT2D eigenvalue weighted by molar-refractivity contribution is -0.125. The molecule has 0 saturated heterocycles. The first kappa shape index (κ1) is 19.9. The standard InChI is InChI=1S/C17H23ClN4O2/c1-11(22(5)10-15(23)21-17(2,3)4)16(24)20-13-7-6-12(9-19)14(18)8-13/h6-8,11H,10H2,1-5H3,(H,20,24)(H,21,23). The number of hydrogen-bond donors (Lipinski definition) is 2. The zero-order chi connectivity index (χ0) is 18.5. The van der Waals surface area contributed by atoms with Gasteiger partial charge in [0.05, 0.1) is 23.2 Å². The van der Waals surface area contributed by atoms with Crippen molar-refractivity contribution in [2.75, 3.05) is 18.9 Å². The van der Waals surface area contributed by atoms with E-state index in [1.807, 2.05) is 26.8 Å². The normalized spacial score (nSPS) is 12.4. The molecule has 0 aromatic heterocycles. The van der Waals surface area contributed by atoms with E-state index in [2.05, 4.69) is 10.6 Å². The highest BCUT2D eigenvalue weighted by molar-refractivity contribution is 6.32. The van der Waals surface area contributed by atoms with Gasteiger partial charge in [-0.1, -0.05) is 11.6 Å². The minimum absolute atomic E-state index is 0.111. The van der Waals surface area contributed by atoms with Crippen molar-refractivity contribution in [2.24, 2.45) is 0 Å². The Balaban J connectivity index is 2.65. The molecular formula is C17H23ClN4O2. The monoisotopic (exact) mass is 350 g/mol. The van der Waals surface area contributed by atoms with E-state index in [1.165, 1.54) is 6.07 Å². The quantitative estimate of drug-likeness (QED) is 0.853. The van der Waals surface area contributed by atoms with E-state index < -0.39 is 6.04 Å². The van der Waals surface area contributed by atoms with Gasteiger partial charge in [-0.15, -0.1) is 0 Å². The molecule has 2 N–H and O–H groups in total. The Morgan fingerprint density at radius 1 is 1.38 bits per heavy atom. The lowest BCUT2D eigenvalue weighted by Gasteiger charge is -2.26. The molecule has 6 nitrogen and oxygen atoms in total. The number of nitrogens with one attached hydrogen (secondary N) is 2. The molecule has 130 valence electrons. The molecule has 0 radical (unpaired) electrons. The van der Waals surface area contributed by atoms with Crippen LogP contribution in [0.4, 0.5) is 5.69 Å². The number of amides is 2. The minimum atomic E-state index is -0.509. The highest BCUT2D eigenvalue weighted by atomic mass is 35.5. The first-order chi connectivity index (χ1) is 11.0. The van der Waals surface area contributed by atoms with Crippen molar-refractivity contribution < 1.29 is 9.59 Å². The highest BCUT2D eigenvalue weighted by Crippen LogP contribution is 2.20. The summed E-state index contributed by atoms with van der Waals surface area (Å²) in [5.74, 6) is -0.409. The van der Waals surface area contributed by atoms with Gasteiger partial charge < -0.3 is 10.6 Å². The van der Waals surface area contributed by atoms with Crippen molar-refractivity contribution in [3.63, 3.8) is 0 Å². The fourth-order valence-corrected chi connectivity index (χ4v) is 2.17. The van der Waals surface area contributed by atoms with Gasteiger partial charge in [0, 0.05) is 11.2 Å². The molecule has 1 rings (SSSR count). The summed E-state index contributed by atoms with van der Waals surface area (Å²) in [7, 11) is 1.71. The Morgan fingerprint density at radius 3 is 2.50 bits per heavy atom. The number of carbonyl (C=O) groups excluding carboxylic acids is 2. The SMILES string of the molecule is CC(C(=O)Nc1ccc(C#N)c(Cl)c1)N(C)CC(=O)NC(C)(C)C. The number of rotatable bonds is 5. The van der Waals surface area contributed by atoms with Crippen molar-refractivity contribution >= 4 is 29.1 Å². The number of carbonyl (C=O) groups is 2. The maximum absolute atomic E-state index is 12.3. The maximum atomic E-state index is 12.3. The van der Waals surface area contributed by atoms with E-state index in [1.54, 1.807) is 31.0 Å². The van der Waals surface area contributed by atoms with E-state index in [-0.39, 0.29) is 28.9 Å². The molecular weight excluding hydrogens is 328 g/mol. The Morgan fingerprint density at radius 2 is 2.00 bits per heavy atom. The van der Waals surface area contributed by atoms with E-state index >= 15 is 0 Å². The van der Waals surface area contributed by atoms with Crippen LogP contribution in [0.1, 0.15) is 33.3 Å². The van der Waals surface area contributed by atoms with E-state index in [9.17, 15) is 9.59 Å². The van der Waals surface area contributed by atoms with Gasteiger partial charge in [-0.25, -0.2) is 0 Å². The van der Waals surface area contributed by atoms with Crippen LogP contribution in [0.3, 0.4) is 0 Å². The summed E-state index contributed by atoms with van der Waals surface area (Å²) in [6, 6.07) is 6.13. The maximum Gasteiger partial charge on any atom is 0.241 e. The second-order valence-corrected chi connectivity index (χ2v) is 7.09. The zero-order valence-electron chi connectivity index (χ0n) is 14.6. The van der Waals surface area contributed by atoms with Gasteiger partial charge in [0.25, 0.3) is 0 Å². The molecule has 1 aromatic carbocycles. The van der Waals surface area contributed by atoms with Crippen LogP contribution >= 0.6 is 11.6 Å². The van der Waals surface area contributed by atoms with Crippen LogP contribution in [0.15, 0.2) is 18.2 Å². The Kier molecular flexibility index (Phi) is 6.76. The van der Waals surface area contributed by atoms with Crippen LogP contribution in [-0.4, -0.2) is 41.9 Å². The van der Waals surface area contributed by atoms with Crippen LogP contribution in [0.5, 0.6) is 0 Å². The van der Waals surface area contributed by atoms with Gasteiger partial charge in [0.2, 0.25) is 11.8 Å². The lowest BCUT2D eigenvalue weighted by atomic mass is 10.1. The number of nitriles is 1. The third-order valence-corrected chi connectivity index (χ3v) is 3.62. The summed E-state index contributed by atoms with van der Waals surface area (Å²) < 4.78 is 0. The molecule has 0 heterocycles. The fraction of sp³-hybridized carbons (Fsp3) is 0.471. The van der Waals surface area contributed by atoms with Gasteiger partial charge in [-0.2, -0.15) is 5.26 Å². The predicted octanol–water partition coefficient (Wildman–Crippen LogP) is 2.39. The number of benzene rings is 1.